The normalized spacial score (nSPS) is 14.1. The lowest BCUT2D eigenvalue weighted by Crippen LogP contribution is -2.48. The van der Waals surface area contributed by atoms with Gasteiger partial charge in [0.2, 0.25) is 5.16 Å². The van der Waals surface area contributed by atoms with Crippen LogP contribution in [-0.2, 0) is 16.1 Å². The summed E-state index contributed by atoms with van der Waals surface area (Å²) in [6, 6.07) is 29.2. The molecule has 4 aromatic rings. The number of allylic oxidation sites excluding steroid dienone is 1. The lowest BCUT2D eigenvalue weighted by atomic mass is 9.99. The minimum absolute atomic E-state index is 0.0944. The molecular formula is C33H39N5O3S. The lowest BCUT2D eigenvalue weighted by Gasteiger charge is -2.37. The predicted octanol–water partition coefficient (Wildman–Crippen LogP) is 6.04. The van der Waals surface area contributed by atoms with Crippen LogP contribution in [0.5, 0.6) is 0 Å². The zero-order valence-electron chi connectivity index (χ0n) is 24.6. The Bertz CT molecular complexity index is 1410. The number of carbonyl (C=O) groups excluding carboxylic acids is 1. The molecule has 0 unspecified atom stereocenters. The molecule has 3 aromatic carbocycles. The third-order valence-corrected chi connectivity index (χ3v) is 7.59. The average Bonchev–Trinajstić information content (AvgIpc) is 3.46. The quantitative estimate of drug-likeness (QED) is 0.0879. The fourth-order valence-corrected chi connectivity index (χ4v) is 5.37. The van der Waals surface area contributed by atoms with Gasteiger partial charge in [0.25, 0.3) is 0 Å². The molecule has 0 saturated heterocycles. The van der Waals surface area contributed by atoms with E-state index in [-0.39, 0.29) is 6.04 Å². The zero-order valence-corrected chi connectivity index (χ0v) is 25.4. The van der Waals surface area contributed by atoms with Crippen LogP contribution in [0, 0.1) is 0 Å². The van der Waals surface area contributed by atoms with Crippen LogP contribution in [0.4, 0.5) is 0 Å². The molecule has 1 aromatic heterocycles. The molecule has 0 radical (unpaired) electrons. The zero-order chi connectivity index (χ0) is 30.0. The van der Waals surface area contributed by atoms with Crippen molar-refractivity contribution in [3.63, 3.8) is 0 Å². The van der Waals surface area contributed by atoms with Crippen LogP contribution >= 0.6 is 11.8 Å². The second-order valence-corrected chi connectivity index (χ2v) is 12.0. The molecule has 3 atom stereocenters. The molecule has 0 fully saturated rings. The highest BCUT2D eigenvalue weighted by Gasteiger charge is 2.35. The van der Waals surface area contributed by atoms with Crippen molar-refractivity contribution in [1.82, 2.24) is 25.1 Å². The summed E-state index contributed by atoms with van der Waals surface area (Å²) in [5, 5.41) is 24.3. The van der Waals surface area contributed by atoms with Gasteiger partial charge in [0.15, 0.2) is 6.10 Å². The van der Waals surface area contributed by atoms with E-state index >= 15 is 0 Å². The Morgan fingerprint density at radius 3 is 2.26 bits per heavy atom. The summed E-state index contributed by atoms with van der Waals surface area (Å²) in [6.45, 7) is 8.04. The number of nitrogens with zero attached hydrogens (tertiary/aromatic N) is 5. The number of tetrazole rings is 1. The second-order valence-electron chi connectivity index (χ2n) is 11.0. The Hall–Kier alpha value is -3.79. The van der Waals surface area contributed by atoms with Gasteiger partial charge in [0.05, 0.1) is 11.7 Å². The number of para-hydroxylation sites is 1. The molecule has 0 aliphatic carbocycles. The van der Waals surface area contributed by atoms with Gasteiger partial charge < -0.3 is 9.84 Å². The van der Waals surface area contributed by atoms with Crippen molar-refractivity contribution < 1.29 is 14.6 Å². The van der Waals surface area contributed by atoms with E-state index in [0.717, 1.165) is 16.8 Å². The van der Waals surface area contributed by atoms with E-state index < -0.39 is 23.7 Å². The summed E-state index contributed by atoms with van der Waals surface area (Å²) in [7, 11) is 0. The van der Waals surface area contributed by atoms with Gasteiger partial charge in [-0.1, -0.05) is 103 Å². The minimum Gasteiger partial charge on any atom is -0.458 e. The van der Waals surface area contributed by atoms with E-state index in [1.54, 1.807) is 37.2 Å². The van der Waals surface area contributed by atoms with E-state index in [1.807, 2.05) is 78.9 Å². The maximum absolute atomic E-state index is 13.2. The van der Waals surface area contributed by atoms with Crippen molar-refractivity contribution in [1.29, 1.82) is 0 Å². The molecule has 1 heterocycles. The number of rotatable bonds is 13. The molecule has 9 heteroatoms. The Balaban J connectivity index is 1.56. The molecule has 0 saturated carbocycles. The summed E-state index contributed by atoms with van der Waals surface area (Å²) >= 11 is 1.54. The van der Waals surface area contributed by atoms with Gasteiger partial charge in [0.1, 0.15) is 5.60 Å². The fraction of sp³-hybridized carbons (Fsp3) is 0.333. The van der Waals surface area contributed by atoms with Crippen LogP contribution < -0.4 is 0 Å². The standard InChI is InChI=1S/C33H39N5O3S/c1-25(27-18-10-6-11-19-27)37(24-26-16-8-5-9-17-26)29(30(39)31(40)41-33(2,3)4)22-14-15-23-42-32-34-35-36-38(32)28-20-12-7-13-21-28/h5-14,16-22,25,29-30,39H,15,23-24H2,1-4H3/b22-14+/t25-,29-,30-/m1/s1. The van der Waals surface area contributed by atoms with Gasteiger partial charge in [-0.2, -0.15) is 4.68 Å². The summed E-state index contributed by atoms with van der Waals surface area (Å²) in [4.78, 5) is 15.3. The first-order chi connectivity index (χ1) is 20.2. The third kappa shape index (κ3) is 8.85. The van der Waals surface area contributed by atoms with Gasteiger partial charge in [-0.05, 0) is 67.8 Å². The van der Waals surface area contributed by atoms with E-state index in [0.29, 0.717) is 23.9 Å². The van der Waals surface area contributed by atoms with Crippen molar-refractivity contribution in [3.05, 3.63) is 114 Å². The molecule has 4 rings (SSSR count). The number of thioether (sulfide) groups is 1. The Morgan fingerprint density at radius 2 is 1.62 bits per heavy atom. The summed E-state index contributed by atoms with van der Waals surface area (Å²) < 4.78 is 7.33. The van der Waals surface area contributed by atoms with Crippen molar-refractivity contribution in [2.24, 2.45) is 0 Å². The predicted molar refractivity (Wildman–Crippen MR) is 166 cm³/mol. The number of esters is 1. The number of hydrogen-bond donors (Lipinski definition) is 1. The van der Waals surface area contributed by atoms with Crippen molar-refractivity contribution >= 4 is 17.7 Å². The van der Waals surface area contributed by atoms with Gasteiger partial charge >= 0.3 is 5.97 Å². The smallest absolute Gasteiger partial charge is 0.337 e. The molecule has 8 nitrogen and oxygen atoms in total. The highest BCUT2D eigenvalue weighted by molar-refractivity contribution is 7.99. The van der Waals surface area contributed by atoms with E-state index in [9.17, 15) is 9.90 Å². The van der Waals surface area contributed by atoms with E-state index in [1.165, 1.54) is 0 Å². The van der Waals surface area contributed by atoms with Gasteiger partial charge in [-0.3, -0.25) is 4.90 Å². The number of aromatic nitrogens is 4. The second kappa shape index (κ2) is 14.9. The first-order valence-corrected chi connectivity index (χ1v) is 15.1. The Labute approximate surface area is 252 Å². The number of benzene rings is 3. The molecule has 0 amide bonds. The number of carbonyl (C=O) groups is 1. The van der Waals surface area contributed by atoms with Crippen LogP contribution in [0.1, 0.15) is 51.3 Å². The van der Waals surface area contributed by atoms with Crippen molar-refractivity contribution in [2.75, 3.05) is 5.75 Å². The lowest BCUT2D eigenvalue weighted by molar-refractivity contribution is -0.168. The molecule has 0 aliphatic heterocycles. The molecule has 0 bridgehead atoms. The largest absolute Gasteiger partial charge is 0.458 e. The molecule has 0 aliphatic rings. The molecule has 220 valence electrons. The number of aliphatic hydroxyl groups is 1. The highest BCUT2D eigenvalue weighted by Crippen LogP contribution is 2.28. The molecule has 42 heavy (non-hydrogen) atoms. The summed E-state index contributed by atoms with van der Waals surface area (Å²) in [5.41, 5.74) is 2.35. The summed E-state index contributed by atoms with van der Waals surface area (Å²) in [5.74, 6) is 0.0678. The van der Waals surface area contributed by atoms with Crippen LogP contribution in [-0.4, -0.2) is 59.7 Å². The van der Waals surface area contributed by atoms with Crippen molar-refractivity contribution in [2.45, 2.75) is 69.6 Å². The third-order valence-electron chi connectivity index (χ3n) is 6.63. The number of aliphatic hydroxyl groups excluding tert-OH is 1. The van der Waals surface area contributed by atoms with Crippen LogP contribution in [0.3, 0.4) is 0 Å². The van der Waals surface area contributed by atoms with Crippen LogP contribution in [0.2, 0.25) is 0 Å². The first-order valence-electron chi connectivity index (χ1n) is 14.1. The van der Waals surface area contributed by atoms with Crippen LogP contribution in [0.15, 0.2) is 108 Å². The van der Waals surface area contributed by atoms with Gasteiger partial charge in [0, 0.05) is 18.3 Å². The maximum atomic E-state index is 13.2. The Morgan fingerprint density at radius 1 is 1.00 bits per heavy atom. The monoisotopic (exact) mass is 585 g/mol. The van der Waals surface area contributed by atoms with E-state index in [2.05, 4.69) is 51.6 Å². The SMILES string of the molecule is C[C@H](c1ccccc1)N(Cc1ccccc1)[C@H](/C=C/CCSc1nnnn1-c1ccccc1)[C@@H](O)C(=O)OC(C)(C)C. The van der Waals surface area contributed by atoms with Crippen LogP contribution in [0.25, 0.3) is 5.69 Å². The molecule has 1 N–H and O–H groups in total. The maximum Gasteiger partial charge on any atom is 0.337 e. The average molecular weight is 586 g/mol. The summed E-state index contributed by atoms with van der Waals surface area (Å²) in [6.07, 6.45) is 3.24. The number of ether oxygens (including phenoxy) is 1. The Kier molecular flexibility index (Phi) is 11.1. The topological polar surface area (TPSA) is 93.4 Å². The van der Waals surface area contributed by atoms with Gasteiger partial charge in [-0.25, -0.2) is 4.79 Å². The fourth-order valence-electron chi connectivity index (χ4n) is 4.57. The minimum atomic E-state index is -1.38. The molecule has 0 spiro atoms. The first kappa shape index (κ1) is 31.2. The highest BCUT2D eigenvalue weighted by atomic mass is 32.2. The van der Waals surface area contributed by atoms with E-state index in [4.69, 9.17) is 4.74 Å². The molecular weight excluding hydrogens is 546 g/mol. The van der Waals surface area contributed by atoms with Gasteiger partial charge in [-0.15, -0.1) is 5.10 Å². The number of hydrogen-bond acceptors (Lipinski definition) is 8. The van der Waals surface area contributed by atoms with Crippen molar-refractivity contribution in [3.8, 4) is 5.69 Å².